The number of ether oxygens (including phenoxy) is 1. The largest absolute Gasteiger partial charge is 0.416 e. The van der Waals surface area contributed by atoms with E-state index in [1.54, 1.807) is 18.9 Å². The molecule has 0 aliphatic carbocycles. The summed E-state index contributed by atoms with van der Waals surface area (Å²) in [5.74, 6) is 0.0963. The molecule has 3 nitrogen and oxygen atoms in total. The second-order valence-corrected chi connectivity index (χ2v) is 6.42. The van der Waals surface area contributed by atoms with Gasteiger partial charge in [-0.2, -0.15) is 13.2 Å². The summed E-state index contributed by atoms with van der Waals surface area (Å²) in [7, 11) is 1.66. The van der Waals surface area contributed by atoms with Crippen molar-refractivity contribution < 1.29 is 22.7 Å². The number of benzene rings is 1. The zero-order valence-electron chi connectivity index (χ0n) is 14.2. The molecule has 0 saturated carbocycles. The first-order valence-corrected chi connectivity index (χ1v) is 8.29. The summed E-state index contributed by atoms with van der Waals surface area (Å²) in [6.07, 6.45) is -0.589. The minimum atomic E-state index is -4.44. The molecule has 1 saturated heterocycles. The van der Waals surface area contributed by atoms with Crippen LogP contribution in [0.5, 0.6) is 0 Å². The minimum absolute atomic E-state index is 0.155. The standard InChI is InChI=1S/C18H24F3NO2/c1-13-7-8-15(18(19,20)21)11-16(13)17(23)22-9-3-5-14(12-22)6-4-10-24-2/h7-8,11,14H,3-6,9-10,12H2,1-2H3/t14-/m1/s1. The smallest absolute Gasteiger partial charge is 0.385 e. The first-order valence-electron chi connectivity index (χ1n) is 8.29. The molecule has 1 aromatic carbocycles. The average molecular weight is 343 g/mol. The highest BCUT2D eigenvalue weighted by Crippen LogP contribution is 2.31. The van der Waals surface area contributed by atoms with Gasteiger partial charge in [-0.15, -0.1) is 0 Å². The lowest BCUT2D eigenvalue weighted by atomic mass is 9.92. The Kier molecular flexibility index (Phi) is 6.27. The molecule has 1 fully saturated rings. The maximum Gasteiger partial charge on any atom is 0.416 e. The summed E-state index contributed by atoms with van der Waals surface area (Å²) in [4.78, 5) is 14.4. The van der Waals surface area contributed by atoms with Crippen molar-refractivity contribution in [3.8, 4) is 0 Å². The molecule has 1 atom stereocenters. The fourth-order valence-electron chi connectivity index (χ4n) is 3.20. The van der Waals surface area contributed by atoms with Crippen LogP contribution in [-0.2, 0) is 10.9 Å². The maximum absolute atomic E-state index is 12.9. The van der Waals surface area contributed by atoms with Gasteiger partial charge in [0.25, 0.3) is 5.91 Å². The molecule has 1 amide bonds. The Labute approximate surface area is 140 Å². The van der Waals surface area contributed by atoms with Crippen molar-refractivity contribution in [3.05, 3.63) is 34.9 Å². The monoisotopic (exact) mass is 343 g/mol. The summed E-state index contributed by atoms with van der Waals surface area (Å²) < 4.78 is 43.8. The zero-order chi connectivity index (χ0) is 17.7. The Morgan fingerprint density at radius 3 is 2.79 bits per heavy atom. The third-order valence-electron chi connectivity index (χ3n) is 4.56. The van der Waals surface area contributed by atoms with E-state index in [1.807, 2.05) is 0 Å². The number of halogens is 3. The predicted octanol–water partition coefficient (Wildman–Crippen LogP) is 4.29. The van der Waals surface area contributed by atoms with Gasteiger partial charge in [0.1, 0.15) is 0 Å². The molecule has 1 aromatic rings. The zero-order valence-corrected chi connectivity index (χ0v) is 14.2. The van der Waals surface area contributed by atoms with Crippen molar-refractivity contribution in [1.29, 1.82) is 0 Å². The van der Waals surface area contributed by atoms with Crippen LogP contribution in [0.15, 0.2) is 18.2 Å². The number of rotatable bonds is 5. The van der Waals surface area contributed by atoms with E-state index < -0.39 is 11.7 Å². The van der Waals surface area contributed by atoms with E-state index >= 15 is 0 Å². The number of hydrogen-bond donors (Lipinski definition) is 0. The fourth-order valence-corrected chi connectivity index (χ4v) is 3.20. The van der Waals surface area contributed by atoms with Crippen LogP contribution in [0.2, 0.25) is 0 Å². The Bertz CT molecular complexity index is 572. The van der Waals surface area contributed by atoms with Gasteiger partial charge in [-0.3, -0.25) is 4.79 Å². The third kappa shape index (κ3) is 4.72. The molecule has 1 aliphatic heterocycles. The van der Waals surface area contributed by atoms with Crippen LogP contribution < -0.4 is 0 Å². The van der Waals surface area contributed by atoms with Crippen molar-refractivity contribution in [2.24, 2.45) is 5.92 Å². The molecule has 0 aromatic heterocycles. The van der Waals surface area contributed by atoms with Crippen molar-refractivity contribution in [1.82, 2.24) is 4.90 Å². The SMILES string of the molecule is COCCC[C@H]1CCCN(C(=O)c2cc(C(F)(F)F)ccc2C)C1. The molecular weight excluding hydrogens is 319 g/mol. The van der Waals surface area contributed by atoms with Gasteiger partial charge in [0.15, 0.2) is 0 Å². The van der Waals surface area contributed by atoms with E-state index in [9.17, 15) is 18.0 Å². The third-order valence-corrected chi connectivity index (χ3v) is 4.56. The second kappa shape index (κ2) is 8.01. The number of methoxy groups -OCH3 is 1. The first-order chi connectivity index (χ1) is 11.3. The molecule has 0 spiro atoms. The van der Waals surface area contributed by atoms with Gasteiger partial charge in [0.05, 0.1) is 5.56 Å². The molecule has 1 aliphatic rings. The summed E-state index contributed by atoms with van der Waals surface area (Å²) in [5.41, 5.74) is -0.0398. The molecule has 2 rings (SSSR count). The quantitative estimate of drug-likeness (QED) is 0.746. The number of alkyl halides is 3. The average Bonchev–Trinajstić information content (AvgIpc) is 2.54. The van der Waals surface area contributed by atoms with Crippen LogP contribution in [-0.4, -0.2) is 37.6 Å². The molecule has 24 heavy (non-hydrogen) atoms. The van der Waals surface area contributed by atoms with Crippen LogP contribution in [0.25, 0.3) is 0 Å². The van der Waals surface area contributed by atoms with Crippen LogP contribution in [0.3, 0.4) is 0 Å². The summed E-state index contributed by atoms with van der Waals surface area (Å²) >= 11 is 0. The van der Waals surface area contributed by atoms with Crippen molar-refractivity contribution in [3.63, 3.8) is 0 Å². The van der Waals surface area contributed by atoms with E-state index in [-0.39, 0.29) is 11.5 Å². The van der Waals surface area contributed by atoms with Crippen LogP contribution in [0, 0.1) is 12.8 Å². The van der Waals surface area contributed by atoms with Gasteiger partial charge in [-0.1, -0.05) is 6.07 Å². The lowest BCUT2D eigenvalue weighted by molar-refractivity contribution is -0.137. The molecule has 1 heterocycles. The number of likely N-dealkylation sites (tertiary alicyclic amines) is 1. The highest BCUT2D eigenvalue weighted by molar-refractivity contribution is 5.96. The van der Waals surface area contributed by atoms with E-state index in [2.05, 4.69) is 0 Å². The number of aryl methyl sites for hydroxylation is 1. The van der Waals surface area contributed by atoms with Crippen LogP contribution in [0.4, 0.5) is 13.2 Å². The van der Waals surface area contributed by atoms with E-state index in [0.29, 0.717) is 31.2 Å². The predicted molar refractivity (Wildman–Crippen MR) is 85.9 cm³/mol. The second-order valence-electron chi connectivity index (χ2n) is 6.42. The van der Waals surface area contributed by atoms with Crippen LogP contribution >= 0.6 is 0 Å². The van der Waals surface area contributed by atoms with Crippen molar-refractivity contribution in [2.45, 2.75) is 38.8 Å². The lowest BCUT2D eigenvalue weighted by Crippen LogP contribution is -2.40. The molecule has 0 radical (unpaired) electrons. The number of carbonyl (C=O) groups excluding carboxylic acids is 1. The minimum Gasteiger partial charge on any atom is -0.385 e. The van der Waals surface area contributed by atoms with Crippen LogP contribution in [0.1, 0.15) is 47.2 Å². The van der Waals surface area contributed by atoms with Crippen molar-refractivity contribution >= 4 is 5.91 Å². The Balaban J connectivity index is 2.10. The Hall–Kier alpha value is -1.56. The first kappa shape index (κ1) is 18.8. The Morgan fingerprint density at radius 1 is 1.38 bits per heavy atom. The fraction of sp³-hybridized carbons (Fsp3) is 0.611. The van der Waals surface area contributed by atoms with E-state index in [4.69, 9.17) is 4.74 Å². The highest BCUT2D eigenvalue weighted by Gasteiger charge is 2.32. The summed E-state index contributed by atoms with van der Waals surface area (Å²) in [5, 5.41) is 0. The number of piperidine rings is 1. The molecular formula is C18H24F3NO2. The summed E-state index contributed by atoms with van der Waals surface area (Å²) in [6.45, 7) is 3.58. The van der Waals surface area contributed by atoms with Gasteiger partial charge < -0.3 is 9.64 Å². The molecule has 0 bridgehead atoms. The number of amides is 1. The normalized spacial score (nSPS) is 18.7. The number of carbonyl (C=O) groups is 1. The maximum atomic E-state index is 12.9. The van der Waals surface area contributed by atoms with E-state index in [1.165, 1.54) is 6.07 Å². The van der Waals surface area contributed by atoms with Crippen molar-refractivity contribution in [2.75, 3.05) is 26.8 Å². The molecule has 0 unspecified atom stereocenters. The summed E-state index contributed by atoms with van der Waals surface area (Å²) in [6, 6.07) is 3.37. The number of nitrogens with zero attached hydrogens (tertiary/aromatic N) is 1. The van der Waals surface area contributed by atoms with Gasteiger partial charge in [0, 0.05) is 32.4 Å². The molecule has 6 heteroatoms. The Morgan fingerprint density at radius 2 is 2.12 bits per heavy atom. The lowest BCUT2D eigenvalue weighted by Gasteiger charge is -2.33. The van der Waals surface area contributed by atoms with Gasteiger partial charge in [-0.25, -0.2) is 0 Å². The topological polar surface area (TPSA) is 29.5 Å². The van der Waals surface area contributed by atoms with Gasteiger partial charge in [0.2, 0.25) is 0 Å². The molecule has 0 N–H and O–H groups in total. The van der Waals surface area contributed by atoms with E-state index in [0.717, 1.165) is 37.8 Å². The van der Waals surface area contributed by atoms with Gasteiger partial charge in [-0.05, 0) is 56.2 Å². The number of hydrogen-bond acceptors (Lipinski definition) is 2. The molecule has 134 valence electrons. The highest BCUT2D eigenvalue weighted by atomic mass is 19.4. The van der Waals surface area contributed by atoms with Gasteiger partial charge >= 0.3 is 6.18 Å².